The average Bonchev–Trinajstić information content (AvgIpc) is 2.55. The van der Waals surface area contributed by atoms with Crippen molar-refractivity contribution in [2.45, 2.75) is 38.1 Å². The number of hydrazine groups is 2. The van der Waals surface area contributed by atoms with Crippen molar-refractivity contribution in [2.24, 2.45) is 5.84 Å². The van der Waals surface area contributed by atoms with Crippen molar-refractivity contribution in [2.75, 3.05) is 11.6 Å². The number of carbonyl (C=O) groups is 2. The Labute approximate surface area is 123 Å². The van der Waals surface area contributed by atoms with E-state index in [4.69, 9.17) is 5.84 Å². The van der Waals surface area contributed by atoms with Crippen LogP contribution in [0.4, 0.5) is 10.5 Å². The number of Topliss-reactive ketones (excluding diaryl/α,β-unsaturated/α-hetero) is 1. The number of hydrogen-bond donors (Lipinski definition) is 2. The van der Waals surface area contributed by atoms with Crippen molar-refractivity contribution >= 4 is 17.5 Å². The lowest BCUT2D eigenvalue weighted by molar-refractivity contribution is 0.0903. The maximum Gasteiger partial charge on any atom is 0.350 e. The third-order valence-corrected chi connectivity index (χ3v) is 4.28. The molecule has 1 heterocycles. The van der Waals surface area contributed by atoms with Crippen molar-refractivity contribution in [3.63, 3.8) is 0 Å². The molecule has 0 spiro atoms. The summed E-state index contributed by atoms with van der Waals surface area (Å²) in [6.07, 6.45) is 5.58. The first-order valence-electron chi connectivity index (χ1n) is 7.42. The molecule has 1 aliphatic carbocycles. The number of hydrogen-bond acceptors (Lipinski definition) is 4. The molecule has 3 N–H and O–H groups in total. The molecule has 112 valence electrons. The van der Waals surface area contributed by atoms with E-state index in [-0.39, 0.29) is 18.4 Å². The van der Waals surface area contributed by atoms with E-state index in [0.717, 1.165) is 31.4 Å². The molecule has 3 rings (SSSR count). The molecule has 0 bridgehead atoms. The molecule has 1 aliphatic heterocycles. The van der Waals surface area contributed by atoms with Crippen LogP contribution in [-0.2, 0) is 0 Å². The van der Waals surface area contributed by atoms with Crippen LogP contribution in [0.5, 0.6) is 0 Å². The molecule has 0 radical (unpaired) electrons. The molecule has 6 heteroatoms. The van der Waals surface area contributed by atoms with Gasteiger partial charge in [-0.25, -0.2) is 15.6 Å². The van der Waals surface area contributed by atoms with Crippen LogP contribution >= 0.6 is 0 Å². The van der Waals surface area contributed by atoms with Crippen LogP contribution in [0.2, 0.25) is 0 Å². The van der Waals surface area contributed by atoms with Gasteiger partial charge in [0.2, 0.25) is 0 Å². The van der Waals surface area contributed by atoms with Crippen LogP contribution < -0.4 is 16.3 Å². The van der Waals surface area contributed by atoms with Crippen molar-refractivity contribution in [3.8, 4) is 0 Å². The zero-order chi connectivity index (χ0) is 14.8. The summed E-state index contributed by atoms with van der Waals surface area (Å²) in [5, 5.41) is 3.42. The number of ketones is 1. The molecular weight excluding hydrogens is 268 g/mol. The Bertz CT molecular complexity index is 554. The maximum atomic E-state index is 12.3. The van der Waals surface area contributed by atoms with E-state index in [1.165, 1.54) is 11.4 Å². The summed E-state index contributed by atoms with van der Waals surface area (Å²) in [5.74, 6) is 5.23. The van der Waals surface area contributed by atoms with Gasteiger partial charge in [-0.3, -0.25) is 15.2 Å². The first-order valence-corrected chi connectivity index (χ1v) is 7.42. The van der Waals surface area contributed by atoms with Gasteiger partial charge in [0.15, 0.2) is 5.78 Å². The number of nitrogens with two attached hydrogens (primary N) is 1. The first kappa shape index (κ1) is 13.9. The number of fused-ring (bicyclic) bond motifs is 1. The van der Waals surface area contributed by atoms with Crippen LogP contribution in [0.15, 0.2) is 24.3 Å². The Morgan fingerprint density at radius 1 is 1.19 bits per heavy atom. The number of nitrogens with zero attached hydrogens (tertiary/aromatic N) is 2. The molecule has 1 saturated carbocycles. The van der Waals surface area contributed by atoms with Gasteiger partial charge in [0.1, 0.15) is 6.54 Å². The van der Waals surface area contributed by atoms with Crippen molar-refractivity contribution < 1.29 is 9.59 Å². The number of carbonyl (C=O) groups excluding carboxylic acids is 2. The molecule has 0 atom stereocenters. The molecule has 1 aromatic rings. The van der Waals surface area contributed by atoms with Gasteiger partial charge < -0.3 is 0 Å². The lowest BCUT2D eigenvalue weighted by Crippen LogP contribution is -2.60. The van der Waals surface area contributed by atoms with E-state index in [9.17, 15) is 9.59 Å². The van der Waals surface area contributed by atoms with E-state index in [1.54, 1.807) is 0 Å². The number of amides is 2. The van der Waals surface area contributed by atoms with E-state index in [0.29, 0.717) is 5.56 Å². The quantitative estimate of drug-likeness (QED) is 0.469. The monoisotopic (exact) mass is 288 g/mol. The van der Waals surface area contributed by atoms with E-state index >= 15 is 0 Å². The molecule has 2 aliphatic rings. The Morgan fingerprint density at radius 2 is 1.90 bits per heavy atom. The van der Waals surface area contributed by atoms with Gasteiger partial charge in [0, 0.05) is 5.56 Å². The van der Waals surface area contributed by atoms with Gasteiger partial charge in [0.25, 0.3) is 0 Å². The average molecular weight is 288 g/mol. The highest BCUT2D eigenvalue weighted by molar-refractivity contribution is 6.06. The number of urea groups is 1. The van der Waals surface area contributed by atoms with Crippen molar-refractivity contribution in [3.05, 3.63) is 29.8 Å². The number of anilines is 1. The SMILES string of the molecule is NNC(=O)N1CC(=O)c2ccccc2N1C1CCCCC1. The number of rotatable bonds is 1. The fourth-order valence-corrected chi connectivity index (χ4v) is 3.30. The lowest BCUT2D eigenvalue weighted by atomic mass is 9.93. The molecule has 0 aromatic heterocycles. The molecule has 1 fully saturated rings. The van der Waals surface area contributed by atoms with Gasteiger partial charge in [-0.15, -0.1) is 0 Å². The van der Waals surface area contributed by atoms with Gasteiger partial charge in [0.05, 0.1) is 11.7 Å². The summed E-state index contributed by atoms with van der Waals surface area (Å²) in [5.41, 5.74) is 3.64. The molecule has 21 heavy (non-hydrogen) atoms. The molecular formula is C15H20N4O2. The summed E-state index contributed by atoms with van der Waals surface area (Å²) in [7, 11) is 0. The Morgan fingerprint density at radius 3 is 2.62 bits per heavy atom. The van der Waals surface area contributed by atoms with Crippen LogP contribution in [0.1, 0.15) is 42.5 Å². The lowest BCUT2D eigenvalue weighted by Gasteiger charge is -2.45. The van der Waals surface area contributed by atoms with Crippen molar-refractivity contribution in [1.82, 2.24) is 10.4 Å². The topological polar surface area (TPSA) is 78.7 Å². The van der Waals surface area contributed by atoms with Crippen LogP contribution in [-0.4, -0.2) is 29.4 Å². The zero-order valence-corrected chi connectivity index (χ0v) is 11.9. The summed E-state index contributed by atoms with van der Waals surface area (Å²) in [4.78, 5) is 24.3. The van der Waals surface area contributed by atoms with Crippen molar-refractivity contribution in [1.29, 1.82) is 0 Å². The smallest absolute Gasteiger partial charge is 0.292 e. The van der Waals surface area contributed by atoms with Crippen LogP contribution in [0.3, 0.4) is 0 Å². The first-order chi connectivity index (χ1) is 10.2. The van der Waals surface area contributed by atoms with E-state index in [2.05, 4.69) is 5.43 Å². The second-order valence-electron chi connectivity index (χ2n) is 5.58. The fourth-order valence-electron chi connectivity index (χ4n) is 3.30. The van der Waals surface area contributed by atoms with E-state index in [1.807, 2.05) is 29.3 Å². The van der Waals surface area contributed by atoms with Crippen LogP contribution in [0.25, 0.3) is 0 Å². The highest BCUT2D eigenvalue weighted by atomic mass is 16.2. The minimum Gasteiger partial charge on any atom is -0.292 e. The van der Waals surface area contributed by atoms with Gasteiger partial charge in [-0.05, 0) is 25.0 Å². The molecule has 0 saturated heterocycles. The number of para-hydroxylation sites is 1. The number of nitrogens with one attached hydrogen (secondary N) is 1. The number of benzene rings is 1. The zero-order valence-electron chi connectivity index (χ0n) is 11.9. The Balaban J connectivity index is 2.02. The Kier molecular flexibility index (Phi) is 3.79. The molecule has 0 unspecified atom stereocenters. The van der Waals surface area contributed by atoms with Gasteiger partial charge >= 0.3 is 6.03 Å². The summed E-state index contributed by atoms with van der Waals surface area (Å²) in [6, 6.07) is 7.28. The van der Waals surface area contributed by atoms with E-state index < -0.39 is 6.03 Å². The van der Waals surface area contributed by atoms with Crippen LogP contribution in [0, 0.1) is 0 Å². The second-order valence-corrected chi connectivity index (χ2v) is 5.58. The maximum absolute atomic E-state index is 12.3. The third-order valence-electron chi connectivity index (χ3n) is 4.28. The molecule has 6 nitrogen and oxygen atoms in total. The highest BCUT2D eigenvalue weighted by Gasteiger charge is 2.36. The molecule has 1 aromatic carbocycles. The summed E-state index contributed by atoms with van der Waals surface area (Å²) in [6.45, 7) is 0.0382. The summed E-state index contributed by atoms with van der Waals surface area (Å²) >= 11 is 0. The normalized spacial score (nSPS) is 19.4. The minimum atomic E-state index is -0.441. The second kappa shape index (κ2) is 5.73. The fraction of sp³-hybridized carbons (Fsp3) is 0.467. The Hall–Kier alpha value is -2.08. The van der Waals surface area contributed by atoms with Gasteiger partial charge in [-0.2, -0.15) is 0 Å². The molecule has 2 amide bonds. The predicted octanol–water partition coefficient (Wildman–Crippen LogP) is 1.82. The van der Waals surface area contributed by atoms with Gasteiger partial charge in [-0.1, -0.05) is 31.4 Å². The minimum absolute atomic E-state index is 0.0382. The summed E-state index contributed by atoms with van der Waals surface area (Å²) < 4.78 is 0. The largest absolute Gasteiger partial charge is 0.350 e. The standard InChI is InChI=1S/C15H20N4O2/c16-17-15(21)18-10-14(20)12-8-4-5-9-13(12)19(18)11-6-2-1-3-7-11/h4-5,8-9,11H,1-3,6-7,10,16H2,(H,17,21). The third kappa shape index (κ3) is 2.47. The predicted molar refractivity (Wildman–Crippen MR) is 79.5 cm³/mol. The highest BCUT2D eigenvalue weighted by Crippen LogP contribution is 2.34.